The summed E-state index contributed by atoms with van der Waals surface area (Å²) in [6.45, 7) is 4.58. The number of nitrogens with one attached hydrogen (secondary N) is 2. The molecule has 0 bridgehead atoms. The number of fused-ring (bicyclic) bond motifs is 1. The molecule has 6 heteroatoms. The Morgan fingerprint density at radius 3 is 2.88 bits per heavy atom. The normalized spacial score (nSPS) is 14.6. The lowest BCUT2D eigenvalue weighted by atomic mass is 10.1. The second-order valence-electron chi connectivity index (χ2n) is 6.87. The number of pyridine rings is 1. The number of amides is 1. The number of aromatic nitrogens is 3. The molecule has 0 atom stereocenters. The number of aromatic amines is 1. The highest BCUT2D eigenvalue weighted by molar-refractivity contribution is 6.04. The quantitative estimate of drug-likeness (QED) is 0.759. The Morgan fingerprint density at radius 2 is 2.04 bits per heavy atom. The molecular formula is C20H23N5O. The lowest BCUT2D eigenvalue weighted by Gasteiger charge is -2.27. The molecule has 3 aromatic rings. The number of hydrogen-bond donors (Lipinski definition) is 2. The molecule has 1 aromatic carbocycles. The number of H-pyrrole nitrogens is 1. The van der Waals surface area contributed by atoms with Crippen molar-refractivity contribution in [2.24, 2.45) is 0 Å². The van der Waals surface area contributed by atoms with E-state index in [4.69, 9.17) is 0 Å². The van der Waals surface area contributed by atoms with E-state index >= 15 is 0 Å². The molecule has 0 spiro atoms. The summed E-state index contributed by atoms with van der Waals surface area (Å²) < 4.78 is 0. The molecule has 0 radical (unpaired) electrons. The molecule has 0 unspecified atom stereocenters. The van der Waals surface area contributed by atoms with Crippen LogP contribution in [0.1, 0.15) is 40.9 Å². The van der Waals surface area contributed by atoms with Crippen molar-refractivity contribution in [1.29, 1.82) is 0 Å². The first-order valence-corrected chi connectivity index (χ1v) is 9.13. The van der Waals surface area contributed by atoms with Gasteiger partial charge < -0.3 is 10.2 Å². The van der Waals surface area contributed by atoms with Crippen LogP contribution in [0.5, 0.6) is 0 Å². The molecule has 6 nitrogen and oxygen atoms in total. The van der Waals surface area contributed by atoms with Gasteiger partial charge in [-0.25, -0.2) is 4.98 Å². The van der Waals surface area contributed by atoms with Crippen molar-refractivity contribution < 1.29 is 4.79 Å². The van der Waals surface area contributed by atoms with Crippen LogP contribution >= 0.6 is 0 Å². The van der Waals surface area contributed by atoms with E-state index in [9.17, 15) is 4.79 Å². The maximum absolute atomic E-state index is 12.6. The lowest BCUT2D eigenvalue weighted by molar-refractivity contribution is 0.0947. The number of nitrogens with zero attached hydrogens (tertiary/aromatic N) is 3. The topological polar surface area (TPSA) is 73.9 Å². The van der Waals surface area contributed by atoms with E-state index in [-0.39, 0.29) is 5.91 Å². The number of piperidine rings is 1. The Bertz CT molecular complexity index is 927. The van der Waals surface area contributed by atoms with Crippen molar-refractivity contribution in [3.63, 3.8) is 0 Å². The Labute approximate surface area is 152 Å². The highest BCUT2D eigenvalue weighted by Crippen LogP contribution is 2.19. The fourth-order valence-electron chi connectivity index (χ4n) is 3.43. The predicted molar refractivity (Wildman–Crippen MR) is 102 cm³/mol. The van der Waals surface area contributed by atoms with Gasteiger partial charge in [0.2, 0.25) is 0 Å². The van der Waals surface area contributed by atoms with Crippen molar-refractivity contribution in [2.75, 3.05) is 18.0 Å². The molecule has 0 saturated carbocycles. The van der Waals surface area contributed by atoms with E-state index in [0.29, 0.717) is 12.2 Å². The standard InChI is InChI=1S/C20H23N5O/c1-14-5-6-17-16(11-14)19(24-23-17)20(26)22-13-15-7-8-21-18(12-15)25-9-3-2-4-10-25/h5-8,11-12H,2-4,9-10,13H2,1H3,(H,22,26)(H,23,24). The zero-order chi connectivity index (χ0) is 17.9. The Morgan fingerprint density at radius 1 is 1.19 bits per heavy atom. The summed E-state index contributed by atoms with van der Waals surface area (Å²) in [5.74, 6) is 0.829. The summed E-state index contributed by atoms with van der Waals surface area (Å²) in [5, 5.41) is 10.9. The van der Waals surface area contributed by atoms with Crippen LogP contribution in [0.2, 0.25) is 0 Å². The van der Waals surface area contributed by atoms with Gasteiger partial charge in [-0.3, -0.25) is 9.89 Å². The van der Waals surface area contributed by atoms with Gasteiger partial charge in [-0.05, 0) is 56.0 Å². The van der Waals surface area contributed by atoms with Crippen LogP contribution < -0.4 is 10.2 Å². The minimum Gasteiger partial charge on any atom is -0.357 e. The van der Waals surface area contributed by atoms with Crippen molar-refractivity contribution >= 4 is 22.6 Å². The first-order valence-electron chi connectivity index (χ1n) is 9.13. The number of aryl methyl sites for hydroxylation is 1. The molecule has 2 N–H and O–H groups in total. The number of carbonyl (C=O) groups excluding carboxylic acids is 1. The van der Waals surface area contributed by atoms with Crippen LogP contribution in [0.15, 0.2) is 36.5 Å². The molecule has 26 heavy (non-hydrogen) atoms. The summed E-state index contributed by atoms with van der Waals surface area (Å²) in [7, 11) is 0. The van der Waals surface area contributed by atoms with Crippen LogP contribution in [-0.4, -0.2) is 34.2 Å². The third-order valence-corrected chi connectivity index (χ3v) is 4.88. The summed E-state index contributed by atoms with van der Waals surface area (Å²) in [6, 6.07) is 9.94. The zero-order valence-electron chi connectivity index (χ0n) is 15.0. The highest BCUT2D eigenvalue weighted by Gasteiger charge is 2.15. The minimum atomic E-state index is -0.168. The number of rotatable bonds is 4. The lowest BCUT2D eigenvalue weighted by Crippen LogP contribution is -2.30. The summed E-state index contributed by atoms with van der Waals surface area (Å²) in [6.07, 6.45) is 5.55. The van der Waals surface area contributed by atoms with Gasteiger partial charge in [0.25, 0.3) is 5.91 Å². The molecule has 1 amide bonds. The van der Waals surface area contributed by atoms with Crippen molar-refractivity contribution in [3.8, 4) is 0 Å². The van der Waals surface area contributed by atoms with E-state index in [0.717, 1.165) is 40.9 Å². The first kappa shape index (κ1) is 16.6. The SMILES string of the molecule is Cc1ccc2[nH]nc(C(=O)NCc3ccnc(N4CCCCC4)c3)c2c1. The Hall–Kier alpha value is -2.89. The van der Waals surface area contributed by atoms with Crippen molar-refractivity contribution in [3.05, 3.63) is 53.3 Å². The van der Waals surface area contributed by atoms with E-state index in [1.54, 1.807) is 0 Å². The van der Waals surface area contributed by atoms with Gasteiger partial charge in [0.15, 0.2) is 5.69 Å². The second-order valence-corrected chi connectivity index (χ2v) is 6.87. The molecule has 0 aliphatic carbocycles. The van der Waals surface area contributed by atoms with Gasteiger partial charge in [-0.15, -0.1) is 0 Å². The Balaban J connectivity index is 1.46. The summed E-state index contributed by atoms with van der Waals surface area (Å²) in [4.78, 5) is 19.4. The first-order chi connectivity index (χ1) is 12.7. The van der Waals surface area contributed by atoms with Gasteiger partial charge in [-0.2, -0.15) is 5.10 Å². The number of hydrogen-bond acceptors (Lipinski definition) is 4. The van der Waals surface area contributed by atoms with Crippen molar-refractivity contribution in [1.82, 2.24) is 20.5 Å². The average molecular weight is 349 g/mol. The zero-order valence-corrected chi connectivity index (χ0v) is 15.0. The number of benzene rings is 1. The molecule has 3 heterocycles. The molecule has 1 fully saturated rings. The largest absolute Gasteiger partial charge is 0.357 e. The summed E-state index contributed by atoms with van der Waals surface area (Å²) in [5.41, 5.74) is 3.46. The fraction of sp³-hybridized carbons (Fsp3) is 0.350. The van der Waals surface area contributed by atoms with Gasteiger partial charge in [-0.1, -0.05) is 11.6 Å². The van der Waals surface area contributed by atoms with Crippen LogP contribution in [-0.2, 0) is 6.54 Å². The molecule has 1 saturated heterocycles. The molecule has 1 aliphatic heterocycles. The van der Waals surface area contributed by atoms with Crippen LogP contribution in [0, 0.1) is 6.92 Å². The summed E-state index contributed by atoms with van der Waals surface area (Å²) >= 11 is 0. The third-order valence-electron chi connectivity index (χ3n) is 4.88. The maximum Gasteiger partial charge on any atom is 0.272 e. The van der Waals surface area contributed by atoms with E-state index < -0.39 is 0 Å². The van der Waals surface area contributed by atoms with E-state index in [1.165, 1.54) is 19.3 Å². The van der Waals surface area contributed by atoms with Crippen LogP contribution in [0.3, 0.4) is 0 Å². The smallest absolute Gasteiger partial charge is 0.272 e. The Kier molecular flexibility index (Phi) is 4.56. The second kappa shape index (κ2) is 7.15. The monoisotopic (exact) mass is 349 g/mol. The van der Waals surface area contributed by atoms with E-state index in [1.807, 2.05) is 37.4 Å². The van der Waals surface area contributed by atoms with E-state index in [2.05, 4.69) is 31.5 Å². The third kappa shape index (κ3) is 3.40. The minimum absolute atomic E-state index is 0.168. The fourth-order valence-corrected chi connectivity index (χ4v) is 3.43. The highest BCUT2D eigenvalue weighted by atomic mass is 16.1. The molecule has 4 rings (SSSR count). The predicted octanol–water partition coefficient (Wildman–Crippen LogP) is 3.19. The number of anilines is 1. The molecule has 1 aliphatic rings. The number of carbonyl (C=O) groups is 1. The van der Waals surface area contributed by atoms with Gasteiger partial charge >= 0.3 is 0 Å². The van der Waals surface area contributed by atoms with Crippen LogP contribution in [0.4, 0.5) is 5.82 Å². The average Bonchev–Trinajstić information content (AvgIpc) is 3.10. The molecule has 2 aromatic heterocycles. The maximum atomic E-state index is 12.6. The van der Waals surface area contributed by atoms with Crippen molar-refractivity contribution in [2.45, 2.75) is 32.7 Å². The van der Waals surface area contributed by atoms with Crippen LogP contribution in [0.25, 0.3) is 10.9 Å². The molecule has 134 valence electrons. The molecular weight excluding hydrogens is 326 g/mol. The van der Waals surface area contributed by atoms with Gasteiger partial charge in [0.1, 0.15) is 5.82 Å². The van der Waals surface area contributed by atoms with Gasteiger partial charge in [0.05, 0.1) is 5.52 Å². The van der Waals surface area contributed by atoms with Gasteiger partial charge in [0, 0.05) is 31.2 Å².